The second kappa shape index (κ2) is 10.9. The van der Waals surface area contributed by atoms with Gasteiger partial charge < -0.3 is 19.5 Å². The largest absolute Gasteiger partial charge is 0.489 e. The van der Waals surface area contributed by atoms with Gasteiger partial charge in [-0.2, -0.15) is 0 Å². The van der Waals surface area contributed by atoms with E-state index in [1.165, 1.54) is 0 Å². The van der Waals surface area contributed by atoms with Crippen molar-refractivity contribution in [3.63, 3.8) is 0 Å². The highest BCUT2D eigenvalue weighted by molar-refractivity contribution is 6.35. The number of ether oxygens (including phenoxy) is 2. The van der Waals surface area contributed by atoms with Crippen LogP contribution in [0.5, 0.6) is 5.75 Å². The van der Waals surface area contributed by atoms with Crippen LogP contribution in [0.3, 0.4) is 0 Å². The van der Waals surface area contributed by atoms with Gasteiger partial charge in [0.2, 0.25) is 0 Å². The molecule has 0 saturated carbocycles. The van der Waals surface area contributed by atoms with Gasteiger partial charge in [-0.15, -0.1) is 12.4 Å². The Morgan fingerprint density at radius 3 is 2.56 bits per heavy atom. The second-order valence-corrected chi connectivity index (χ2v) is 6.37. The molecule has 2 rings (SSSR count). The molecule has 0 spiro atoms. The molecule has 0 aliphatic carbocycles. The Bertz CT molecular complexity index is 554. The van der Waals surface area contributed by atoms with Gasteiger partial charge in [0.05, 0.1) is 11.6 Å². The van der Waals surface area contributed by atoms with Gasteiger partial charge in [0.25, 0.3) is 0 Å². The summed E-state index contributed by atoms with van der Waals surface area (Å²) >= 11 is 11.9. The average molecular weight is 414 g/mol. The molecule has 0 bridgehead atoms. The molecule has 0 radical (unpaired) electrons. The molecule has 1 aromatic rings. The number of benzene rings is 1. The highest BCUT2D eigenvalue weighted by atomic mass is 35.5. The van der Waals surface area contributed by atoms with Crippen molar-refractivity contribution < 1.29 is 19.4 Å². The minimum Gasteiger partial charge on any atom is -0.489 e. The third-order valence-corrected chi connectivity index (χ3v) is 4.22. The number of carbonyl (C=O) groups is 1. The summed E-state index contributed by atoms with van der Waals surface area (Å²) in [6.07, 6.45) is -0.927. The van der Waals surface area contributed by atoms with Crippen molar-refractivity contribution in [2.24, 2.45) is 0 Å². The maximum atomic E-state index is 11.6. The molecular formula is C16H23Cl3N2O4. The predicted molar refractivity (Wildman–Crippen MR) is 100 cm³/mol. The van der Waals surface area contributed by atoms with Crippen molar-refractivity contribution in [3.8, 4) is 5.75 Å². The molecule has 1 aliphatic heterocycles. The molecule has 1 heterocycles. The van der Waals surface area contributed by atoms with Gasteiger partial charge in [-0.05, 0) is 25.1 Å². The Labute approximate surface area is 164 Å². The molecule has 25 heavy (non-hydrogen) atoms. The molecule has 142 valence electrons. The number of hydrogen-bond donors (Lipinski definition) is 1. The van der Waals surface area contributed by atoms with Gasteiger partial charge in [-0.1, -0.05) is 23.2 Å². The summed E-state index contributed by atoms with van der Waals surface area (Å²) in [4.78, 5) is 15.4. The number of nitrogens with zero attached hydrogens (tertiary/aromatic N) is 2. The number of halogens is 3. The summed E-state index contributed by atoms with van der Waals surface area (Å²) in [5, 5.41) is 11.1. The Morgan fingerprint density at radius 1 is 1.28 bits per heavy atom. The fourth-order valence-electron chi connectivity index (χ4n) is 2.46. The first-order valence-electron chi connectivity index (χ1n) is 7.89. The highest BCUT2D eigenvalue weighted by Gasteiger charge is 2.23. The molecular weight excluding hydrogens is 391 g/mol. The van der Waals surface area contributed by atoms with Crippen molar-refractivity contribution in [2.75, 3.05) is 45.9 Å². The van der Waals surface area contributed by atoms with Crippen LogP contribution in [0.2, 0.25) is 10.0 Å². The van der Waals surface area contributed by atoms with Crippen LogP contribution in [-0.2, 0) is 4.74 Å². The lowest BCUT2D eigenvalue weighted by Gasteiger charge is -2.34. The van der Waals surface area contributed by atoms with Gasteiger partial charge in [-0.3, -0.25) is 4.90 Å². The van der Waals surface area contributed by atoms with E-state index in [0.29, 0.717) is 55.1 Å². The van der Waals surface area contributed by atoms with Crippen LogP contribution >= 0.6 is 35.6 Å². The number of hydrogen-bond acceptors (Lipinski definition) is 5. The first kappa shape index (κ1) is 22.1. The summed E-state index contributed by atoms with van der Waals surface area (Å²) in [6, 6.07) is 4.96. The van der Waals surface area contributed by atoms with E-state index in [1.54, 1.807) is 30.0 Å². The number of aliphatic hydroxyl groups excluding tert-OH is 1. The third kappa shape index (κ3) is 7.07. The van der Waals surface area contributed by atoms with Gasteiger partial charge in [0, 0.05) is 37.7 Å². The first-order valence-corrected chi connectivity index (χ1v) is 8.65. The molecule has 1 unspecified atom stereocenters. The summed E-state index contributed by atoms with van der Waals surface area (Å²) in [5.41, 5.74) is 0. The third-order valence-electron chi connectivity index (χ3n) is 3.69. The SMILES string of the molecule is CCOC(=O)N1CCN(CC(O)COc2ccc(Cl)cc2Cl)CC1.Cl. The van der Waals surface area contributed by atoms with E-state index in [-0.39, 0.29) is 25.1 Å². The van der Waals surface area contributed by atoms with Crippen LogP contribution in [0, 0.1) is 0 Å². The zero-order valence-corrected chi connectivity index (χ0v) is 16.3. The molecule has 1 amide bonds. The van der Waals surface area contributed by atoms with Crippen LogP contribution in [0.15, 0.2) is 18.2 Å². The van der Waals surface area contributed by atoms with Crippen LogP contribution in [0.25, 0.3) is 0 Å². The quantitative estimate of drug-likeness (QED) is 0.777. The van der Waals surface area contributed by atoms with Crippen molar-refractivity contribution in [1.29, 1.82) is 0 Å². The van der Waals surface area contributed by atoms with E-state index >= 15 is 0 Å². The molecule has 1 atom stereocenters. The average Bonchev–Trinajstić information content (AvgIpc) is 2.55. The highest BCUT2D eigenvalue weighted by Crippen LogP contribution is 2.27. The van der Waals surface area contributed by atoms with Crippen molar-refractivity contribution in [3.05, 3.63) is 28.2 Å². The number of aliphatic hydroxyl groups is 1. The monoisotopic (exact) mass is 412 g/mol. The lowest BCUT2D eigenvalue weighted by Crippen LogP contribution is -2.51. The number of carbonyl (C=O) groups excluding carboxylic acids is 1. The molecule has 6 nitrogen and oxygen atoms in total. The van der Waals surface area contributed by atoms with E-state index < -0.39 is 6.10 Å². The van der Waals surface area contributed by atoms with Crippen molar-refractivity contribution in [1.82, 2.24) is 9.80 Å². The van der Waals surface area contributed by atoms with Gasteiger partial charge in [0.15, 0.2) is 0 Å². The second-order valence-electron chi connectivity index (χ2n) is 5.53. The smallest absolute Gasteiger partial charge is 0.409 e. The topological polar surface area (TPSA) is 62.2 Å². The minimum absolute atomic E-state index is 0. The number of β-amino-alcohol motifs (C(OH)–C–C–N with tert-alkyl or cyclic N) is 1. The first-order chi connectivity index (χ1) is 11.5. The molecule has 1 saturated heterocycles. The Hall–Kier alpha value is -0.920. The normalized spacial score (nSPS) is 16.1. The standard InChI is InChI=1S/C16H22Cl2N2O4.ClH/c1-2-23-16(22)20-7-5-19(6-8-20)10-13(21)11-24-15-4-3-12(17)9-14(15)18;/h3-4,9,13,21H,2,5-8,10-11H2,1H3;1H. The van der Waals surface area contributed by atoms with Crippen LogP contribution in [0.4, 0.5) is 4.79 Å². The predicted octanol–water partition coefficient (Wildman–Crippen LogP) is 2.93. The minimum atomic E-state index is -0.647. The Morgan fingerprint density at radius 2 is 1.96 bits per heavy atom. The van der Waals surface area contributed by atoms with Crippen molar-refractivity contribution >= 4 is 41.7 Å². The summed E-state index contributed by atoms with van der Waals surface area (Å²) in [7, 11) is 0. The van der Waals surface area contributed by atoms with Crippen LogP contribution < -0.4 is 4.74 Å². The fourth-order valence-corrected chi connectivity index (χ4v) is 2.92. The summed E-state index contributed by atoms with van der Waals surface area (Å²) in [6.45, 7) is 5.35. The lowest BCUT2D eigenvalue weighted by atomic mass is 10.2. The molecule has 1 N–H and O–H groups in total. The van der Waals surface area contributed by atoms with Crippen LogP contribution in [0.1, 0.15) is 6.92 Å². The number of piperazine rings is 1. The lowest BCUT2D eigenvalue weighted by molar-refractivity contribution is 0.0408. The van der Waals surface area contributed by atoms with Gasteiger partial charge in [-0.25, -0.2) is 4.79 Å². The van der Waals surface area contributed by atoms with E-state index in [9.17, 15) is 9.90 Å². The fraction of sp³-hybridized carbons (Fsp3) is 0.562. The van der Waals surface area contributed by atoms with E-state index in [2.05, 4.69) is 4.90 Å². The van der Waals surface area contributed by atoms with Crippen LogP contribution in [-0.4, -0.2) is 73.0 Å². The van der Waals surface area contributed by atoms with E-state index in [4.69, 9.17) is 32.7 Å². The van der Waals surface area contributed by atoms with Gasteiger partial charge in [0.1, 0.15) is 18.5 Å². The number of amides is 1. The maximum absolute atomic E-state index is 11.6. The van der Waals surface area contributed by atoms with Crippen molar-refractivity contribution in [2.45, 2.75) is 13.0 Å². The molecule has 0 aromatic heterocycles. The Kier molecular flexibility index (Phi) is 9.67. The Balaban J connectivity index is 0.00000312. The zero-order chi connectivity index (χ0) is 17.5. The van der Waals surface area contributed by atoms with E-state index in [1.807, 2.05) is 0 Å². The van der Waals surface area contributed by atoms with E-state index in [0.717, 1.165) is 0 Å². The molecule has 1 fully saturated rings. The maximum Gasteiger partial charge on any atom is 0.409 e. The number of rotatable bonds is 6. The summed E-state index contributed by atoms with van der Waals surface area (Å²) < 4.78 is 10.5. The van der Waals surface area contributed by atoms with Gasteiger partial charge >= 0.3 is 6.09 Å². The summed E-state index contributed by atoms with van der Waals surface area (Å²) in [5.74, 6) is 0.493. The molecule has 1 aliphatic rings. The molecule has 1 aromatic carbocycles. The molecule has 9 heteroatoms. The zero-order valence-electron chi connectivity index (χ0n) is 14.0.